The van der Waals surface area contributed by atoms with Crippen molar-refractivity contribution in [3.63, 3.8) is 0 Å². The first kappa shape index (κ1) is 9.93. The fourth-order valence-corrected chi connectivity index (χ4v) is 1.69. The summed E-state index contributed by atoms with van der Waals surface area (Å²) in [6.45, 7) is 5.10. The Kier molecular flexibility index (Phi) is 3.95. The highest BCUT2D eigenvalue weighted by Crippen LogP contribution is 2.11. The summed E-state index contributed by atoms with van der Waals surface area (Å²) in [5, 5.41) is 3.31. The Labute approximate surface area is 79.7 Å². The maximum atomic E-state index is 5.63. The van der Waals surface area contributed by atoms with Crippen molar-refractivity contribution in [2.45, 2.75) is 45.3 Å². The van der Waals surface area contributed by atoms with Gasteiger partial charge >= 0.3 is 0 Å². The molecule has 1 fully saturated rings. The van der Waals surface area contributed by atoms with Gasteiger partial charge in [0, 0.05) is 6.04 Å². The van der Waals surface area contributed by atoms with Gasteiger partial charge in [0.25, 0.3) is 0 Å². The normalized spacial score (nSPS) is 30.0. The average molecular weight is 187 g/mol. The second-order valence-corrected chi connectivity index (χ2v) is 3.66. The van der Waals surface area contributed by atoms with Crippen LogP contribution in [0, 0.1) is 0 Å². The summed E-state index contributed by atoms with van der Waals surface area (Å²) in [4.78, 5) is 0.898. The smallest absolute Gasteiger partial charge is 0.108 e. The number of rotatable bonds is 3. The Morgan fingerprint density at radius 1 is 1.58 bits per heavy atom. The van der Waals surface area contributed by atoms with Crippen molar-refractivity contribution in [3.05, 3.63) is 0 Å². The summed E-state index contributed by atoms with van der Waals surface area (Å²) >= 11 is 5.20. The summed E-state index contributed by atoms with van der Waals surface area (Å²) in [7, 11) is 0. The van der Waals surface area contributed by atoms with E-state index in [-0.39, 0.29) is 6.10 Å². The van der Waals surface area contributed by atoms with E-state index in [0.717, 1.165) is 30.9 Å². The number of nitrogens with one attached hydrogen (secondary N) is 1. The highest BCUT2D eigenvalue weighted by molar-refractivity contribution is 7.80. The number of morpholine rings is 1. The lowest BCUT2D eigenvalue weighted by molar-refractivity contribution is 0.0572. The molecule has 0 saturated carbocycles. The average Bonchev–Trinajstić information content (AvgIpc) is 2.09. The van der Waals surface area contributed by atoms with E-state index in [9.17, 15) is 0 Å². The number of thiocarbonyl (C=S) groups is 1. The molecular weight excluding hydrogens is 170 g/mol. The molecule has 0 aromatic carbocycles. The molecule has 2 unspecified atom stereocenters. The van der Waals surface area contributed by atoms with Crippen molar-refractivity contribution in [1.82, 2.24) is 5.32 Å². The second-order valence-electron chi connectivity index (χ2n) is 3.22. The quantitative estimate of drug-likeness (QED) is 0.682. The van der Waals surface area contributed by atoms with Gasteiger partial charge in [-0.05, 0) is 12.8 Å². The molecule has 1 aliphatic rings. The van der Waals surface area contributed by atoms with Crippen LogP contribution in [0.2, 0.25) is 0 Å². The molecule has 1 N–H and O–H groups in total. The third-order valence-electron chi connectivity index (χ3n) is 2.18. The molecule has 0 aliphatic carbocycles. The van der Waals surface area contributed by atoms with Crippen LogP contribution in [0.3, 0.4) is 0 Å². The molecule has 0 amide bonds. The van der Waals surface area contributed by atoms with Crippen LogP contribution < -0.4 is 5.32 Å². The fraction of sp³-hybridized carbons (Fsp3) is 0.889. The van der Waals surface area contributed by atoms with Gasteiger partial charge in [0.05, 0.1) is 6.61 Å². The van der Waals surface area contributed by atoms with Crippen molar-refractivity contribution in [3.8, 4) is 0 Å². The Morgan fingerprint density at radius 3 is 2.83 bits per heavy atom. The fourth-order valence-electron chi connectivity index (χ4n) is 1.34. The van der Waals surface area contributed by atoms with E-state index in [1.165, 1.54) is 0 Å². The van der Waals surface area contributed by atoms with Crippen LogP contribution in [0.5, 0.6) is 0 Å². The zero-order valence-corrected chi connectivity index (χ0v) is 8.62. The van der Waals surface area contributed by atoms with Gasteiger partial charge < -0.3 is 10.1 Å². The minimum Gasteiger partial charge on any atom is -0.372 e. The van der Waals surface area contributed by atoms with Crippen molar-refractivity contribution in [1.29, 1.82) is 0 Å². The highest BCUT2D eigenvalue weighted by atomic mass is 32.1. The van der Waals surface area contributed by atoms with Gasteiger partial charge in [-0.25, -0.2) is 0 Å². The molecule has 0 radical (unpaired) electrons. The van der Waals surface area contributed by atoms with Crippen molar-refractivity contribution < 1.29 is 4.74 Å². The van der Waals surface area contributed by atoms with E-state index in [4.69, 9.17) is 17.0 Å². The van der Waals surface area contributed by atoms with E-state index in [1.807, 2.05) is 0 Å². The zero-order valence-electron chi connectivity index (χ0n) is 7.80. The Hall–Kier alpha value is -0.150. The molecule has 0 aromatic rings. The van der Waals surface area contributed by atoms with E-state index in [1.54, 1.807) is 0 Å². The number of hydrogen-bond donors (Lipinski definition) is 1. The van der Waals surface area contributed by atoms with Crippen molar-refractivity contribution in [2.75, 3.05) is 6.61 Å². The number of ether oxygens (including phenoxy) is 1. The molecule has 1 saturated heterocycles. The first-order valence-electron chi connectivity index (χ1n) is 4.69. The molecule has 1 rings (SSSR count). The molecule has 1 aliphatic heterocycles. The van der Waals surface area contributed by atoms with Crippen LogP contribution in [-0.2, 0) is 4.74 Å². The lowest BCUT2D eigenvalue weighted by atomic mass is 10.1. The third-order valence-corrected chi connectivity index (χ3v) is 2.56. The summed E-state index contributed by atoms with van der Waals surface area (Å²) in [6, 6.07) is 0.436. The van der Waals surface area contributed by atoms with Gasteiger partial charge in [-0.1, -0.05) is 32.5 Å². The van der Waals surface area contributed by atoms with Crippen LogP contribution in [0.4, 0.5) is 0 Å². The van der Waals surface area contributed by atoms with Gasteiger partial charge in [-0.3, -0.25) is 0 Å². The lowest BCUT2D eigenvalue weighted by Crippen LogP contribution is -2.49. The SMILES string of the molecule is CCCC1OCC(CC)NC1=S. The van der Waals surface area contributed by atoms with Crippen LogP contribution in [0.25, 0.3) is 0 Å². The molecule has 1 heterocycles. The van der Waals surface area contributed by atoms with Gasteiger partial charge in [0.1, 0.15) is 11.1 Å². The summed E-state index contributed by atoms with van der Waals surface area (Å²) < 4.78 is 5.63. The Bertz CT molecular complexity index is 161. The molecule has 0 aromatic heterocycles. The predicted molar refractivity (Wildman–Crippen MR) is 54.5 cm³/mol. The topological polar surface area (TPSA) is 21.3 Å². The third kappa shape index (κ3) is 2.42. The van der Waals surface area contributed by atoms with Crippen LogP contribution in [0.1, 0.15) is 33.1 Å². The van der Waals surface area contributed by atoms with Crippen LogP contribution >= 0.6 is 12.2 Å². The van der Waals surface area contributed by atoms with Crippen LogP contribution in [-0.4, -0.2) is 23.7 Å². The van der Waals surface area contributed by atoms with E-state index < -0.39 is 0 Å². The molecule has 2 atom stereocenters. The summed E-state index contributed by atoms with van der Waals surface area (Å²) in [5.74, 6) is 0. The van der Waals surface area contributed by atoms with Crippen LogP contribution in [0.15, 0.2) is 0 Å². The Balaban J connectivity index is 2.37. The van der Waals surface area contributed by atoms with E-state index in [0.29, 0.717) is 6.04 Å². The first-order chi connectivity index (χ1) is 5.77. The number of hydrogen-bond acceptors (Lipinski definition) is 2. The maximum Gasteiger partial charge on any atom is 0.108 e. The summed E-state index contributed by atoms with van der Waals surface area (Å²) in [6.07, 6.45) is 3.43. The minimum atomic E-state index is 0.174. The molecule has 2 nitrogen and oxygen atoms in total. The van der Waals surface area contributed by atoms with Gasteiger partial charge in [0.2, 0.25) is 0 Å². The van der Waals surface area contributed by atoms with Crippen molar-refractivity contribution >= 4 is 17.2 Å². The van der Waals surface area contributed by atoms with E-state index in [2.05, 4.69) is 19.2 Å². The van der Waals surface area contributed by atoms with Crippen molar-refractivity contribution in [2.24, 2.45) is 0 Å². The van der Waals surface area contributed by atoms with Gasteiger partial charge in [0.15, 0.2) is 0 Å². The molecule has 0 bridgehead atoms. The lowest BCUT2D eigenvalue weighted by Gasteiger charge is -2.31. The van der Waals surface area contributed by atoms with Gasteiger partial charge in [-0.2, -0.15) is 0 Å². The molecule has 0 spiro atoms. The predicted octanol–water partition coefficient (Wildman–Crippen LogP) is 1.88. The summed E-state index contributed by atoms with van der Waals surface area (Å²) in [5.41, 5.74) is 0. The Morgan fingerprint density at radius 2 is 2.33 bits per heavy atom. The van der Waals surface area contributed by atoms with E-state index >= 15 is 0 Å². The molecule has 12 heavy (non-hydrogen) atoms. The minimum absolute atomic E-state index is 0.174. The molecule has 3 heteroatoms. The zero-order chi connectivity index (χ0) is 8.97. The second kappa shape index (κ2) is 4.77. The largest absolute Gasteiger partial charge is 0.372 e. The highest BCUT2D eigenvalue weighted by Gasteiger charge is 2.23. The maximum absolute atomic E-state index is 5.63. The monoisotopic (exact) mass is 187 g/mol. The molecule has 70 valence electrons. The van der Waals surface area contributed by atoms with Gasteiger partial charge in [-0.15, -0.1) is 0 Å². The molecular formula is C9H17NOS. The first-order valence-corrected chi connectivity index (χ1v) is 5.10. The standard InChI is InChI=1S/C9H17NOS/c1-3-5-8-9(12)10-7(4-2)6-11-8/h7-8H,3-6H2,1-2H3,(H,10,12).